The first kappa shape index (κ1) is 17.1. The van der Waals surface area contributed by atoms with E-state index in [1.165, 1.54) is 6.07 Å². The monoisotopic (exact) mass is 376 g/mol. The van der Waals surface area contributed by atoms with Crippen LogP contribution in [0.1, 0.15) is 37.7 Å². The van der Waals surface area contributed by atoms with Crippen LogP contribution >= 0.6 is 11.6 Å². The smallest absolute Gasteiger partial charge is 0.265 e. The highest BCUT2D eigenvalue weighted by Crippen LogP contribution is 2.51. The average molecular weight is 377 g/mol. The predicted octanol–water partition coefficient (Wildman–Crippen LogP) is 1.77. The Morgan fingerprint density at radius 1 is 1.38 bits per heavy atom. The van der Waals surface area contributed by atoms with Gasteiger partial charge in [-0.15, -0.1) is 5.10 Å². The maximum Gasteiger partial charge on any atom is 0.265 e. The number of rotatable bonds is 4. The van der Waals surface area contributed by atoms with Gasteiger partial charge in [0.05, 0.1) is 5.41 Å². The summed E-state index contributed by atoms with van der Waals surface area (Å²) in [7, 11) is 0. The molecule has 0 spiro atoms. The van der Waals surface area contributed by atoms with Gasteiger partial charge in [-0.1, -0.05) is 22.8 Å². The number of anilines is 1. The molecule has 2 fully saturated rings. The van der Waals surface area contributed by atoms with Gasteiger partial charge in [-0.05, 0) is 49.5 Å². The first-order valence-corrected chi connectivity index (χ1v) is 9.25. The Labute approximate surface area is 155 Å². The molecule has 1 amide bonds. The molecule has 1 aromatic carbocycles. The lowest BCUT2D eigenvalue weighted by molar-refractivity contribution is -0.124. The molecule has 9 heteroatoms. The molecule has 0 radical (unpaired) electrons. The number of aromatic amines is 1. The molecule has 0 unspecified atom stereocenters. The number of H-pyrrole nitrogens is 1. The minimum atomic E-state index is -0.641. The van der Waals surface area contributed by atoms with Crippen molar-refractivity contribution < 1.29 is 9.90 Å². The lowest BCUT2D eigenvalue weighted by atomic mass is 9.93. The van der Waals surface area contributed by atoms with E-state index in [4.69, 9.17) is 11.6 Å². The zero-order valence-electron chi connectivity index (χ0n) is 14.3. The number of nitrogens with one attached hydrogen (secondary N) is 2. The fraction of sp³-hybridized carbons (Fsp3) is 0.529. The number of aromatic hydroxyl groups is 1. The number of tetrazole rings is 1. The normalized spacial score (nSPS) is 21.9. The van der Waals surface area contributed by atoms with Gasteiger partial charge in [0.25, 0.3) is 5.95 Å². The van der Waals surface area contributed by atoms with Crippen LogP contribution in [-0.4, -0.2) is 50.8 Å². The fourth-order valence-corrected chi connectivity index (χ4v) is 3.88. The van der Waals surface area contributed by atoms with E-state index >= 15 is 0 Å². The minimum Gasteiger partial charge on any atom is -0.508 e. The summed E-state index contributed by atoms with van der Waals surface area (Å²) < 4.78 is 0. The molecular weight excluding hydrogens is 356 g/mol. The molecule has 26 heavy (non-hydrogen) atoms. The molecule has 1 saturated heterocycles. The third-order valence-electron chi connectivity index (χ3n) is 5.28. The summed E-state index contributed by atoms with van der Waals surface area (Å²) in [5, 5.41) is 28.1. The van der Waals surface area contributed by atoms with Crippen LogP contribution in [0.3, 0.4) is 0 Å². The van der Waals surface area contributed by atoms with Crippen molar-refractivity contribution in [1.82, 2.24) is 25.9 Å². The van der Waals surface area contributed by atoms with Crippen LogP contribution in [0.15, 0.2) is 18.2 Å². The topological polar surface area (TPSA) is 107 Å². The van der Waals surface area contributed by atoms with Crippen LogP contribution in [0, 0.1) is 0 Å². The van der Waals surface area contributed by atoms with Crippen molar-refractivity contribution in [1.29, 1.82) is 0 Å². The quantitative estimate of drug-likeness (QED) is 0.750. The van der Waals surface area contributed by atoms with Gasteiger partial charge in [-0.3, -0.25) is 4.79 Å². The van der Waals surface area contributed by atoms with Crippen molar-refractivity contribution in [3.8, 4) is 5.75 Å². The second-order valence-corrected chi connectivity index (χ2v) is 7.50. The van der Waals surface area contributed by atoms with Crippen molar-refractivity contribution in [3.05, 3.63) is 28.8 Å². The van der Waals surface area contributed by atoms with Gasteiger partial charge in [0.2, 0.25) is 5.91 Å². The predicted molar refractivity (Wildman–Crippen MR) is 96.2 cm³/mol. The van der Waals surface area contributed by atoms with E-state index in [0.29, 0.717) is 23.1 Å². The van der Waals surface area contributed by atoms with Crippen molar-refractivity contribution in [2.24, 2.45) is 0 Å². The van der Waals surface area contributed by atoms with Gasteiger partial charge < -0.3 is 15.3 Å². The highest BCUT2D eigenvalue weighted by atomic mass is 35.5. The van der Waals surface area contributed by atoms with Gasteiger partial charge in [0.15, 0.2) is 0 Å². The van der Waals surface area contributed by atoms with Crippen LogP contribution in [0.2, 0.25) is 5.02 Å². The Balaban J connectivity index is 1.48. The number of nitrogens with zero attached hydrogens (tertiary/aromatic N) is 4. The van der Waals surface area contributed by atoms with Crippen LogP contribution in [0.5, 0.6) is 5.75 Å². The van der Waals surface area contributed by atoms with Crippen LogP contribution in [-0.2, 0) is 10.2 Å². The highest BCUT2D eigenvalue weighted by molar-refractivity contribution is 6.30. The second-order valence-electron chi connectivity index (χ2n) is 7.07. The molecule has 1 atom stereocenters. The summed E-state index contributed by atoms with van der Waals surface area (Å²) >= 11 is 5.92. The highest BCUT2D eigenvalue weighted by Gasteiger charge is 2.53. The van der Waals surface area contributed by atoms with E-state index in [9.17, 15) is 9.90 Å². The third kappa shape index (κ3) is 3.21. The SMILES string of the molecule is O=C(N[C@@H]1CCCCN(c2nn[nH]n2)C1)C1(c2ccc(Cl)cc2O)CC1. The molecule has 1 aliphatic heterocycles. The van der Waals surface area contributed by atoms with Crippen molar-refractivity contribution >= 4 is 23.5 Å². The van der Waals surface area contributed by atoms with Crippen molar-refractivity contribution in [2.75, 3.05) is 18.0 Å². The van der Waals surface area contributed by atoms with Gasteiger partial charge in [-0.2, -0.15) is 5.21 Å². The average Bonchev–Trinajstić information content (AvgIpc) is 3.30. The Bertz CT molecular complexity index is 793. The fourth-order valence-electron chi connectivity index (χ4n) is 3.71. The zero-order chi connectivity index (χ0) is 18.1. The molecule has 138 valence electrons. The third-order valence-corrected chi connectivity index (χ3v) is 5.52. The number of phenols is 1. The summed E-state index contributed by atoms with van der Waals surface area (Å²) in [4.78, 5) is 15.1. The summed E-state index contributed by atoms with van der Waals surface area (Å²) in [5.41, 5.74) is 0.0147. The molecule has 2 aromatic rings. The Hall–Kier alpha value is -2.35. The van der Waals surface area contributed by atoms with E-state index < -0.39 is 5.41 Å². The van der Waals surface area contributed by atoms with Gasteiger partial charge in [-0.25, -0.2) is 0 Å². The lowest BCUT2D eigenvalue weighted by Gasteiger charge is -2.26. The van der Waals surface area contributed by atoms with Crippen LogP contribution < -0.4 is 10.2 Å². The Morgan fingerprint density at radius 2 is 2.23 bits per heavy atom. The number of amides is 1. The van der Waals surface area contributed by atoms with Crippen LogP contribution in [0.4, 0.5) is 5.95 Å². The maximum absolute atomic E-state index is 13.0. The Morgan fingerprint density at radius 3 is 2.92 bits per heavy atom. The number of carbonyl (C=O) groups is 1. The molecule has 1 aliphatic carbocycles. The second kappa shape index (κ2) is 6.75. The van der Waals surface area contributed by atoms with Crippen molar-refractivity contribution in [2.45, 2.75) is 43.6 Å². The van der Waals surface area contributed by atoms with Crippen LogP contribution in [0.25, 0.3) is 0 Å². The number of halogens is 1. The largest absolute Gasteiger partial charge is 0.508 e. The summed E-state index contributed by atoms with van der Waals surface area (Å²) in [5.74, 6) is 0.608. The van der Waals surface area contributed by atoms with Gasteiger partial charge in [0, 0.05) is 29.7 Å². The summed E-state index contributed by atoms with van der Waals surface area (Å²) in [6.45, 7) is 1.49. The summed E-state index contributed by atoms with van der Waals surface area (Å²) in [6, 6.07) is 4.97. The molecule has 8 nitrogen and oxygen atoms in total. The molecular formula is C17H21ClN6O2. The zero-order valence-corrected chi connectivity index (χ0v) is 15.0. The maximum atomic E-state index is 13.0. The first-order valence-electron chi connectivity index (χ1n) is 8.87. The van der Waals surface area contributed by atoms with E-state index in [-0.39, 0.29) is 17.7 Å². The lowest BCUT2D eigenvalue weighted by Crippen LogP contribution is -2.46. The number of benzene rings is 1. The molecule has 2 aliphatic rings. The first-order chi connectivity index (χ1) is 12.6. The number of hydrogen-bond acceptors (Lipinski definition) is 6. The molecule has 4 rings (SSSR count). The number of carbonyl (C=O) groups excluding carboxylic acids is 1. The molecule has 0 bridgehead atoms. The van der Waals surface area contributed by atoms with E-state index in [1.807, 2.05) is 4.90 Å². The van der Waals surface area contributed by atoms with E-state index in [0.717, 1.165) is 38.6 Å². The number of hydrogen-bond donors (Lipinski definition) is 3. The molecule has 2 heterocycles. The summed E-state index contributed by atoms with van der Waals surface area (Å²) in [6.07, 6.45) is 4.41. The Kier molecular flexibility index (Phi) is 4.44. The standard InChI is InChI=1S/C17H21ClN6O2/c18-11-4-5-13(14(25)9-11)17(6-7-17)15(26)19-12-3-1-2-8-24(10-12)16-20-22-23-21-16/h4-5,9,12,25H,1-3,6-8,10H2,(H,19,26)(H,20,21,22,23)/t12-/m1/s1. The number of phenolic OH excluding ortho intramolecular Hbond substituents is 1. The molecule has 1 saturated carbocycles. The van der Waals surface area contributed by atoms with Gasteiger partial charge in [0.1, 0.15) is 5.75 Å². The number of aromatic nitrogens is 4. The molecule has 1 aromatic heterocycles. The van der Waals surface area contributed by atoms with E-state index in [2.05, 4.69) is 25.9 Å². The van der Waals surface area contributed by atoms with E-state index in [1.54, 1.807) is 12.1 Å². The van der Waals surface area contributed by atoms with Gasteiger partial charge >= 0.3 is 0 Å². The molecule has 3 N–H and O–H groups in total. The minimum absolute atomic E-state index is 0.00965. The van der Waals surface area contributed by atoms with Crippen molar-refractivity contribution in [3.63, 3.8) is 0 Å².